The minimum absolute atomic E-state index is 0.107. The first-order valence-corrected chi connectivity index (χ1v) is 47.8. The van der Waals surface area contributed by atoms with Gasteiger partial charge in [0.2, 0.25) is 0 Å². The van der Waals surface area contributed by atoms with Crippen molar-refractivity contribution in [2.45, 2.75) is 478 Å². The molecule has 0 amide bonds. The van der Waals surface area contributed by atoms with Gasteiger partial charge in [-0.2, -0.15) is 0 Å². The van der Waals surface area contributed by atoms with Crippen LogP contribution in [0, 0.1) is 17.8 Å². The number of hydrogen-bond donors (Lipinski definition) is 3. The zero-order valence-electron chi connectivity index (χ0n) is 69.9. The summed E-state index contributed by atoms with van der Waals surface area (Å²) in [6.07, 6.45) is 68.1. The second-order valence-electron chi connectivity index (χ2n) is 32.7. The molecular formula is C87H170O17P2. The highest BCUT2D eigenvalue weighted by atomic mass is 31.2. The summed E-state index contributed by atoms with van der Waals surface area (Å²) < 4.78 is 68.9. The molecule has 2 unspecified atom stereocenters. The zero-order chi connectivity index (χ0) is 77.9. The Labute approximate surface area is 651 Å². The van der Waals surface area contributed by atoms with E-state index in [0.29, 0.717) is 25.7 Å². The molecule has 0 aliphatic rings. The van der Waals surface area contributed by atoms with Crippen LogP contribution in [0.25, 0.3) is 0 Å². The lowest BCUT2D eigenvalue weighted by atomic mass is 10.0. The van der Waals surface area contributed by atoms with Gasteiger partial charge in [0, 0.05) is 25.7 Å². The van der Waals surface area contributed by atoms with Crippen LogP contribution in [0.2, 0.25) is 0 Å². The van der Waals surface area contributed by atoms with Gasteiger partial charge in [-0.05, 0) is 43.4 Å². The second-order valence-corrected chi connectivity index (χ2v) is 35.6. The lowest BCUT2D eigenvalue weighted by Gasteiger charge is -2.21. The monoisotopic (exact) mass is 1550 g/mol. The van der Waals surface area contributed by atoms with Gasteiger partial charge in [0.05, 0.1) is 26.4 Å². The van der Waals surface area contributed by atoms with E-state index in [1.54, 1.807) is 0 Å². The molecule has 0 aliphatic heterocycles. The van der Waals surface area contributed by atoms with E-state index in [2.05, 4.69) is 48.5 Å². The number of hydrogen-bond acceptors (Lipinski definition) is 15. The lowest BCUT2D eigenvalue weighted by Crippen LogP contribution is -2.30. The summed E-state index contributed by atoms with van der Waals surface area (Å²) in [7, 11) is -9.93. The largest absolute Gasteiger partial charge is 0.472 e. The number of carbonyl (C=O) groups is 4. The van der Waals surface area contributed by atoms with Crippen molar-refractivity contribution in [3.8, 4) is 0 Å². The summed E-state index contributed by atoms with van der Waals surface area (Å²) in [5.41, 5.74) is 0. The van der Waals surface area contributed by atoms with E-state index in [9.17, 15) is 43.2 Å². The number of unbranched alkanes of at least 4 members (excludes halogenated alkanes) is 53. The van der Waals surface area contributed by atoms with Crippen LogP contribution >= 0.6 is 15.6 Å². The Hall–Kier alpha value is -1.94. The van der Waals surface area contributed by atoms with Gasteiger partial charge in [0.1, 0.15) is 19.3 Å². The first-order chi connectivity index (χ1) is 51.2. The van der Waals surface area contributed by atoms with Crippen LogP contribution in [0.5, 0.6) is 0 Å². The molecule has 0 saturated carbocycles. The van der Waals surface area contributed by atoms with Crippen LogP contribution < -0.4 is 0 Å². The van der Waals surface area contributed by atoms with E-state index in [1.165, 1.54) is 270 Å². The second kappa shape index (κ2) is 77.0. The van der Waals surface area contributed by atoms with E-state index >= 15 is 0 Å². The highest BCUT2D eigenvalue weighted by Crippen LogP contribution is 2.45. The lowest BCUT2D eigenvalue weighted by molar-refractivity contribution is -0.161. The third-order valence-corrected chi connectivity index (χ3v) is 22.3. The standard InChI is InChI=1S/C87H170O17P2/c1-8-9-10-11-12-13-14-15-16-17-18-19-20-23-30-35-40-49-56-63-70-86(91)103-82(74-97-84(89)68-61-54-47-39-34-29-24-21-22-27-32-37-44-51-58-65-78(2)3)76-101-105(93,94)99-72-81(88)73-100-106(95,96)102-77-83(75-98-85(90)69-62-55-48-43-42-46-53-60-67-80(6)7)104-87(92)71-64-57-50-41-36-31-26-25-28-33-38-45-52-59-66-79(4)5/h78-83,88H,8-77H2,1-7H3,(H,93,94)(H,95,96)/t81-,82-,83-/m1/s1. The Balaban J connectivity index is 5.25. The topological polar surface area (TPSA) is 237 Å². The average molecular weight is 1550 g/mol. The van der Waals surface area contributed by atoms with Gasteiger partial charge in [-0.15, -0.1) is 0 Å². The number of phosphoric acid groups is 2. The summed E-state index contributed by atoms with van der Waals surface area (Å²) in [6.45, 7) is 12.0. The molecule has 5 atom stereocenters. The Morgan fingerprint density at radius 2 is 0.434 bits per heavy atom. The molecule has 0 saturated heterocycles. The third-order valence-electron chi connectivity index (χ3n) is 20.4. The molecular weight excluding hydrogens is 1380 g/mol. The van der Waals surface area contributed by atoms with Crippen molar-refractivity contribution in [1.29, 1.82) is 0 Å². The maximum absolute atomic E-state index is 13.2. The van der Waals surface area contributed by atoms with Crippen LogP contribution in [0.1, 0.15) is 459 Å². The quantitative estimate of drug-likeness (QED) is 0.0222. The molecule has 106 heavy (non-hydrogen) atoms. The molecule has 0 aromatic heterocycles. The van der Waals surface area contributed by atoms with Gasteiger partial charge in [0.15, 0.2) is 12.2 Å². The zero-order valence-corrected chi connectivity index (χ0v) is 71.7. The number of phosphoric ester groups is 2. The molecule has 0 bridgehead atoms. The van der Waals surface area contributed by atoms with Crippen molar-refractivity contribution in [3.05, 3.63) is 0 Å². The highest BCUT2D eigenvalue weighted by Gasteiger charge is 2.30. The minimum atomic E-state index is -4.97. The van der Waals surface area contributed by atoms with Gasteiger partial charge in [-0.3, -0.25) is 37.3 Å². The normalized spacial score (nSPS) is 13.9. The van der Waals surface area contributed by atoms with Crippen LogP contribution in [-0.4, -0.2) is 96.7 Å². The van der Waals surface area contributed by atoms with Gasteiger partial charge in [0.25, 0.3) is 0 Å². The first-order valence-electron chi connectivity index (χ1n) is 44.8. The fourth-order valence-electron chi connectivity index (χ4n) is 13.5. The van der Waals surface area contributed by atoms with Gasteiger partial charge in [-0.1, -0.05) is 408 Å². The van der Waals surface area contributed by atoms with Crippen LogP contribution in [-0.2, 0) is 65.4 Å². The summed E-state index contributed by atoms with van der Waals surface area (Å²) in [4.78, 5) is 73.3. The van der Waals surface area contributed by atoms with E-state index in [-0.39, 0.29) is 25.7 Å². The number of rotatable bonds is 85. The number of carbonyl (C=O) groups excluding carboxylic acids is 4. The third kappa shape index (κ3) is 80.1. The number of esters is 4. The van der Waals surface area contributed by atoms with Crippen molar-refractivity contribution < 1.29 is 80.2 Å². The molecule has 0 aliphatic carbocycles. The molecule has 3 N–H and O–H groups in total. The van der Waals surface area contributed by atoms with Crippen molar-refractivity contribution in [3.63, 3.8) is 0 Å². The Morgan fingerprint density at radius 1 is 0.255 bits per heavy atom. The molecule has 0 aromatic rings. The van der Waals surface area contributed by atoms with Crippen molar-refractivity contribution >= 4 is 39.5 Å². The van der Waals surface area contributed by atoms with E-state index < -0.39 is 97.5 Å². The summed E-state index contributed by atoms with van der Waals surface area (Å²) >= 11 is 0. The molecule has 0 heterocycles. The molecule has 630 valence electrons. The molecule has 0 radical (unpaired) electrons. The Morgan fingerprint density at radius 3 is 0.642 bits per heavy atom. The maximum Gasteiger partial charge on any atom is 0.472 e. The van der Waals surface area contributed by atoms with Crippen molar-refractivity contribution in [1.82, 2.24) is 0 Å². The SMILES string of the molecule is CCCCCCCCCCCCCCCCCCCCCCC(=O)O[C@H](COC(=O)CCCCCCCCCCCCCCCCCC(C)C)COP(=O)(O)OC[C@@H](O)COP(=O)(O)OC[C@@H](COC(=O)CCCCCCCCCCC(C)C)OC(=O)CCCCCCCCCCCCCCCCC(C)C. The van der Waals surface area contributed by atoms with E-state index in [4.69, 9.17) is 37.0 Å². The predicted octanol–water partition coefficient (Wildman–Crippen LogP) is 26.5. The average Bonchev–Trinajstić information content (AvgIpc) is 0.902. The fraction of sp³-hybridized carbons (Fsp3) is 0.954. The number of ether oxygens (including phenoxy) is 4. The van der Waals surface area contributed by atoms with Crippen LogP contribution in [0.15, 0.2) is 0 Å². The summed E-state index contributed by atoms with van der Waals surface area (Å²) in [6, 6.07) is 0. The summed E-state index contributed by atoms with van der Waals surface area (Å²) in [5.74, 6) is 0.224. The highest BCUT2D eigenvalue weighted by molar-refractivity contribution is 7.47. The number of aliphatic hydroxyl groups is 1. The smallest absolute Gasteiger partial charge is 0.462 e. The molecule has 0 fully saturated rings. The maximum atomic E-state index is 13.2. The predicted molar refractivity (Wildman–Crippen MR) is 437 cm³/mol. The van der Waals surface area contributed by atoms with Crippen LogP contribution in [0.3, 0.4) is 0 Å². The Bertz CT molecular complexity index is 2040. The first kappa shape index (κ1) is 104. The van der Waals surface area contributed by atoms with Gasteiger partial charge < -0.3 is 33.8 Å². The van der Waals surface area contributed by atoms with Crippen molar-refractivity contribution in [2.75, 3.05) is 39.6 Å². The van der Waals surface area contributed by atoms with Gasteiger partial charge in [-0.25, -0.2) is 9.13 Å². The Kier molecular flexibility index (Phi) is 75.6. The molecule has 0 spiro atoms. The molecule has 0 aromatic carbocycles. The number of aliphatic hydroxyl groups excluding tert-OH is 1. The van der Waals surface area contributed by atoms with E-state index in [0.717, 1.165) is 108 Å². The van der Waals surface area contributed by atoms with Crippen LogP contribution in [0.4, 0.5) is 0 Å². The summed E-state index contributed by atoms with van der Waals surface area (Å²) in [5, 5.41) is 10.7. The molecule has 0 rings (SSSR count). The minimum Gasteiger partial charge on any atom is -0.462 e. The molecule has 17 nitrogen and oxygen atoms in total. The van der Waals surface area contributed by atoms with Crippen molar-refractivity contribution in [2.24, 2.45) is 17.8 Å². The fourth-order valence-corrected chi connectivity index (χ4v) is 15.1. The molecule has 19 heteroatoms. The van der Waals surface area contributed by atoms with Gasteiger partial charge >= 0.3 is 39.5 Å². The van der Waals surface area contributed by atoms with E-state index in [1.807, 2.05) is 0 Å².